The normalized spacial score (nSPS) is 17.2. The fourth-order valence-electron chi connectivity index (χ4n) is 2.07. The van der Waals surface area contributed by atoms with Gasteiger partial charge in [0.25, 0.3) is 0 Å². The minimum Gasteiger partial charge on any atom is -0.398 e. The molecule has 0 aliphatic carbocycles. The first-order chi connectivity index (χ1) is 8.29. The summed E-state index contributed by atoms with van der Waals surface area (Å²) in [4.78, 5) is 2.39. The smallest absolute Gasteiger partial charge is 0.0682 e. The van der Waals surface area contributed by atoms with Crippen LogP contribution < -0.4 is 5.73 Å². The first-order valence-electron chi connectivity index (χ1n) is 6.08. The molecule has 1 aromatic carbocycles. The van der Waals surface area contributed by atoms with Crippen molar-refractivity contribution in [2.45, 2.75) is 13.0 Å². The van der Waals surface area contributed by atoms with Gasteiger partial charge in [-0.15, -0.1) is 0 Å². The second-order valence-electron chi connectivity index (χ2n) is 4.40. The Balaban J connectivity index is 1.89. The van der Waals surface area contributed by atoms with Gasteiger partial charge in [0, 0.05) is 25.3 Å². The van der Waals surface area contributed by atoms with E-state index in [0.717, 1.165) is 56.1 Å². The third kappa shape index (κ3) is 3.43. The van der Waals surface area contributed by atoms with Crippen LogP contribution in [0.3, 0.4) is 0 Å². The Morgan fingerprint density at radius 1 is 1.29 bits per heavy atom. The molecule has 1 aliphatic rings. The predicted molar refractivity (Wildman–Crippen MR) is 67.7 cm³/mol. The predicted octanol–water partition coefficient (Wildman–Crippen LogP) is 0.636. The zero-order chi connectivity index (χ0) is 12.1. The number of aliphatic hydroxyl groups is 1. The highest BCUT2D eigenvalue weighted by molar-refractivity contribution is 5.49. The quantitative estimate of drug-likeness (QED) is 0.753. The minimum atomic E-state index is 0.0495. The van der Waals surface area contributed by atoms with E-state index in [1.54, 1.807) is 0 Å². The van der Waals surface area contributed by atoms with Gasteiger partial charge in [-0.2, -0.15) is 0 Å². The molecule has 1 aromatic rings. The van der Waals surface area contributed by atoms with Gasteiger partial charge in [0.15, 0.2) is 0 Å². The van der Waals surface area contributed by atoms with E-state index in [9.17, 15) is 0 Å². The van der Waals surface area contributed by atoms with E-state index in [-0.39, 0.29) is 6.61 Å². The van der Waals surface area contributed by atoms with E-state index in [1.165, 1.54) is 0 Å². The number of ether oxygens (including phenoxy) is 1. The van der Waals surface area contributed by atoms with Crippen molar-refractivity contribution in [2.75, 3.05) is 38.6 Å². The first-order valence-corrected chi connectivity index (χ1v) is 6.08. The zero-order valence-electron chi connectivity index (χ0n) is 10.1. The third-order valence-corrected chi connectivity index (χ3v) is 3.19. The van der Waals surface area contributed by atoms with E-state index >= 15 is 0 Å². The minimum absolute atomic E-state index is 0.0495. The molecule has 0 unspecified atom stereocenters. The number of nitrogens with zero attached hydrogens (tertiary/aromatic N) is 1. The van der Waals surface area contributed by atoms with Crippen molar-refractivity contribution in [3.8, 4) is 0 Å². The Hall–Kier alpha value is -1.10. The third-order valence-electron chi connectivity index (χ3n) is 3.19. The molecule has 0 spiro atoms. The Morgan fingerprint density at radius 3 is 2.71 bits per heavy atom. The summed E-state index contributed by atoms with van der Waals surface area (Å²) in [5.41, 5.74) is 8.77. The first kappa shape index (κ1) is 12.4. The van der Waals surface area contributed by atoms with Crippen LogP contribution in [0, 0.1) is 0 Å². The second kappa shape index (κ2) is 6.00. The Morgan fingerprint density at radius 2 is 2.06 bits per heavy atom. The van der Waals surface area contributed by atoms with Crippen LogP contribution in [0.2, 0.25) is 0 Å². The SMILES string of the molecule is Nc1cc(CO)ccc1CCN1CCOCC1. The number of nitrogen functional groups attached to an aromatic ring is 1. The molecule has 3 N–H and O–H groups in total. The van der Waals surface area contributed by atoms with Gasteiger partial charge in [0.1, 0.15) is 0 Å². The molecule has 0 aromatic heterocycles. The van der Waals surface area contributed by atoms with Crippen LogP contribution in [0.15, 0.2) is 18.2 Å². The molecule has 1 saturated heterocycles. The molecule has 2 rings (SSSR count). The van der Waals surface area contributed by atoms with E-state index < -0.39 is 0 Å². The molecule has 0 radical (unpaired) electrons. The molecule has 0 saturated carbocycles. The monoisotopic (exact) mass is 236 g/mol. The fourth-order valence-corrected chi connectivity index (χ4v) is 2.07. The van der Waals surface area contributed by atoms with E-state index in [0.29, 0.717) is 0 Å². The molecular formula is C13H20N2O2. The number of morpholine rings is 1. The van der Waals surface area contributed by atoms with E-state index in [4.69, 9.17) is 15.6 Å². The number of hydrogen-bond acceptors (Lipinski definition) is 4. The number of hydrogen-bond donors (Lipinski definition) is 2. The second-order valence-corrected chi connectivity index (χ2v) is 4.40. The van der Waals surface area contributed by atoms with Crippen molar-refractivity contribution in [1.29, 1.82) is 0 Å². The van der Waals surface area contributed by atoms with Crippen LogP contribution in [0.5, 0.6) is 0 Å². The van der Waals surface area contributed by atoms with Crippen molar-refractivity contribution in [3.05, 3.63) is 29.3 Å². The molecule has 4 nitrogen and oxygen atoms in total. The number of benzene rings is 1. The van der Waals surface area contributed by atoms with Crippen LogP contribution >= 0.6 is 0 Å². The maximum Gasteiger partial charge on any atom is 0.0682 e. The zero-order valence-corrected chi connectivity index (χ0v) is 10.1. The summed E-state index contributed by atoms with van der Waals surface area (Å²) >= 11 is 0. The number of rotatable bonds is 4. The maximum atomic E-state index is 9.01. The summed E-state index contributed by atoms with van der Waals surface area (Å²) in [5, 5.41) is 9.01. The summed E-state index contributed by atoms with van der Waals surface area (Å²) in [7, 11) is 0. The highest BCUT2D eigenvalue weighted by Crippen LogP contribution is 2.15. The Labute approximate surface area is 102 Å². The molecule has 1 aliphatic heterocycles. The van der Waals surface area contributed by atoms with Crippen LogP contribution in [0.25, 0.3) is 0 Å². The standard InChI is InChI=1S/C13H20N2O2/c14-13-9-11(10-16)1-2-12(13)3-4-15-5-7-17-8-6-15/h1-2,9,16H,3-8,10,14H2. The van der Waals surface area contributed by atoms with Gasteiger partial charge in [-0.05, 0) is 23.6 Å². The van der Waals surface area contributed by atoms with Crippen molar-refractivity contribution in [3.63, 3.8) is 0 Å². The molecule has 0 atom stereocenters. The summed E-state index contributed by atoms with van der Waals surface area (Å²) in [6.45, 7) is 4.75. The summed E-state index contributed by atoms with van der Waals surface area (Å²) in [5.74, 6) is 0. The summed E-state index contributed by atoms with van der Waals surface area (Å²) < 4.78 is 5.31. The number of nitrogens with two attached hydrogens (primary N) is 1. The largest absolute Gasteiger partial charge is 0.398 e. The lowest BCUT2D eigenvalue weighted by molar-refractivity contribution is 0.0384. The van der Waals surface area contributed by atoms with Crippen LogP contribution in [-0.2, 0) is 17.8 Å². The van der Waals surface area contributed by atoms with Gasteiger partial charge >= 0.3 is 0 Å². The Bertz CT molecular complexity index is 362. The Kier molecular flexibility index (Phi) is 4.36. The van der Waals surface area contributed by atoms with Gasteiger partial charge in [0.2, 0.25) is 0 Å². The lowest BCUT2D eigenvalue weighted by atomic mass is 10.1. The highest BCUT2D eigenvalue weighted by atomic mass is 16.5. The van der Waals surface area contributed by atoms with Crippen molar-refractivity contribution in [1.82, 2.24) is 4.90 Å². The molecule has 1 fully saturated rings. The molecular weight excluding hydrogens is 216 g/mol. The van der Waals surface area contributed by atoms with Gasteiger partial charge in [-0.3, -0.25) is 4.90 Å². The van der Waals surface area contributed by atoms with Gasteiger partial charge in [0.05, 0.1) is 19.8 Å². The topological polar surface area (TPSA) is 58.7 Å². The van der Waals surface area contributed by atoms with Gasteiger partial charge < -0.3 is 15.6 Å². The molecule has 1 heterocycles. The molecule has 94 valence electrons. The van der Waals surface area contributed by atoms with Crippen molar-refractivity contribution >= 4 is 5.69 Å². The highest BCUT2D eigenvalue weighted by Gasteiger charge is 2.10. The van der Waals surface area contributed by atoms with Crippen molar-refractivity contribution < 1.29 is 9.84 Å². The van der Waals surface area contributed by atoms with Gasteiger partial charge in [-0.1, -0.05) is 12.1 Å². The van der Waals surface area contributed by atoms with E-state index in [1.807, 2.05) is 18.2 Å². The molecule has 0 amide bonds. The average Bonchev–Trinajstić information content (AvgIpc) is 2.38. The maximum absolute atomic E-state index is 9.01. The van der Waals surface area contributed by atoms with Crippen molar-refractivity contribution in [2.24, 2.45) is 0 Å². The molecule has 0 bridgehead atoms. The number of aliphatic hydroxyl groups excluding tert-OH is 1. The van der Waals surface area contributed by atoms with Gasteiger partial charge in [-0.25, -0.2) is 0 Å². The van der Waals surface area contributed by atoms with Crippen LogP contribution in [-0.4, -0.2) is 42.9 Å². The van der Waals surface area contributed by atoms with E-state index in [2.05, 4.69) is 4.90 Å². The fraction of sp³-hybridized carbons (Fsp3) is 0.538. The molecule has 17 heavy (non-hydrogen) atoms. The lowest BCUT2D eigenvalue weighted by Gasteiger charge is -2.26. The molecule has 4 heteroatoms. The summed E-state index contributed by atoms with van der Waals surface area (Å²) in [6.07, 6.45) is 0.956. The van der Waals surface area contributed by atoms with Crippen LogP contribution in [0.1, 0.15) is 11.1 Å². The number of anilines is 1. The van der Waals surface area contributed by atoms with Crippen LogP contribution in [0.4, 0.5) is 5.69 Å². The average molecular weight is 236 g/mol. The lowest BCUT2D eigenvalue weighted by Crippen LogP contribution is -2.37. The summed E-state index contributed by atoms with van der Waals surface area (Å²) in [6, 6.07) is 5.81.